The minimum absolute atomic E-state index is 0.0675. The van der Waals surface area contributed by atoms with Crippen LogP contribution in [0.4, 0.5) is 19.7 Å². The summed E-state index contributed by atoms with van der Waals surface area (Å²) in [4.78, 5) is 20.0. The number of nitriles is 1. The highest BCUT2D eigenvalue weighted by atomic mass is 32.1. The summed E-state index contributed by atoms with van der Waals surface area (Å²) in [6, 6.07) is 2.33. The molecule has 0 aliphatic carbocycles. The number of hydrogen-bond acceptors (Lipinski definition) is 11. The monoisotopic (exact) mass is 578 g/mol. The van der Waals surface area contributed by atoms with Crippen LogP contribution >= 0.6 is 11.3 Å². The third kappa shape index (κ3) is 4.04. The molecule has 2 saturated heterocycles. The zero-order valence-corrected chi connectivity index (χ0v) is 23.4. The molecule has 41 heavy (non-hydrogen) atoms. The molecule has 0 saturated carbocycles. The van der Waals surface area contributed by atoms with Crippen molar-refractivity contribution < 1.29 is 18.6 Å². The smallest absolute Gasteiger partial charge is 0.226 e. The molecule has 7 rings (SSSR count). The number of thiophene rings is 1. The number of aliphatic hydroxyl groups excluding tert-OH is 1. The van der Waals surface area contributed by atoms with Crippen molar-refractivity contribution in [1.29, 1.82) is 5.26 Å². The third-order valence-corrected chi connectivity index (χ3v) is 9.76. The van der Waals surface area contributed by atoms with Crippen LogP contribution in [0.3, 0.4) is 0 Å². The van der Waals surface area contributed by atoms with Gasteiger partial charge in [0.05, 0.1) is 47.5 Å². The predicted molar refractivity (Wildman–Crippen MR) is 151 cm³/mol. The van der Waals surface area contributed by atoms with Crippen LogP contribution in [0, 0.1) is 23.0 Å². The van der Waals surface area contributed by atoms with Crippen LogP contribution in [0.2, 0.25) is 0 Å². The molecule has 3 N–H and O–H groups in total. The maximum Gasteiger partial charge on any atom is 0.226 e. The number of ether oxygens (including phenoxy) is 1. The largest absolute Gasteiger partial charge is 0.390 e. The molecule has 10 nitrogen and oxygen atoms in total. The molecule has 212 valence electrons. The Morgan fingerprint density at radius 1 is 1.15 bits per heavy atom. The Bertz CT molecular complexity index is 1760. The molecular weight excluding hydrogens is 550 g/mol. The zero-order valence-electron chi connectivity index (χ0n) is 22.6. The molecule has 3 aliphatic heterocycles. The maximum atomic E-state index is 16.6. The van der Waals surface area contributed by atoms with Gasteiger partial charge in [0.2, 0.25) is 5.95 Å². The fourth-order valence-corrected chi connectivity index (χ4v) is 7.28. The van der Waals surface area contributed by atoms with Crippen LogP contribution < -0.4 is 10.6 Å². The van der Waals surface area contributed by atoms with Gasteiger partial charge in [-0.05, 0) is 25.1 Å². The second kappa shape index (κ2) is 9.78. The lowest BCUT2D eigenvalue weighted by atomic mass is 9.94. The minimum Gasteiger partial charge on any atom is -0.390 e. The molecule has 0 spiro atoms. The Morgan fingerprint density at radius 2 is 1.95 bits per heavy atom. The summed E-state index contributed by atoms with van der Waals surface area (Å²) in [7, 11) is 2.10. The van der Waals surface area contributed by atoms with Gasteiger partial charge in [-0.1, -0.05) is 0 Å². The van der Waals surface area contributed by atoms with E-state index in [9.17, 15) is 14.8 Å². The maximum absolute atomic E-state index is 16.6. The number of rotatable bonds is 3. The van der Waals surface area contributed by atoms with Gasteiger partial charge in [-0.15, -0.1) is 11.3 Å². The van der Waals surface area contributed by atoms with Gasteiger partial charge in [0.1, 0.15) is 16.6 Å². The van der Waals surface area contributed by atoms with E-state index >= 15 is 4.39 Å². The van der Waals surface area contributed by atoms with Crippen molar-refractivity contribution >= 4 is 43.3 Å². The first-order valence-corrected chi connectivity index (χ1v) is 14.3. The van der Waals surface area contributed by atoms with Gasteiger partial charge in [0.15, 0.2) is 11.6 Å². The number of aliphatic hydroxyl groups is 1. The van der Waals surface area contributed by atoms with Gasteiger partial charge in [-0.2, -0.15) is 5.26 Å². The molecule has 3 atom stereocenters. The number of β-amino-alcohol motifs (C(OH)–C–C–N with tert-alkyl or cyclic N) is 1. The van der Waals surface area contributed by atoms with Gasteiger partial charge in [0, 0.05) is 61.3 Å². The molecule has 2 unspecified atom stereocenters. The zero-order chi connectivity index (χ0) is 28.6. The number of anilines is 2. The average Bonchev–Trinajstić information content (AvgIpc) is 3.68. The molecule has 13 heteroatoms. The van der Waals surface area contributed by atoms with Crippen LogP contribution in [-0.4, -0.2) is 87.8 Å². The Hall–Kier alpha value is -3.54. The summed E-state index contributed by atoms with van der Waals surface area (Å²) < 4.78 is 37.2. The first kappa shape index (κ1) is 26.4. The number of nitrogens with zero attached hydrogens (tertiary/aromatic N) is 7. The summed E-state index contributed by atoms with van der Waals surface area (Å²) in [5, 5.41) is 21.6. The van der Waals surface area contributed by atoms with E-state index in [2.05, 4.69) is 38.7 Å². The molecule has 6 heterocycles. The number of pyridine rings is 1. The van der Waals surface area contributed by atoms with Crippen LogP contribution in [0.25, 0.3) is 32.2 Å². The van der Waals surface area contributed by atoms with Crippen molar-refractivity contribution in [3.63, 3.8) is 0 Å². The van der Waals surface area contributed by atoms with Gasteiger partial charge < -0.3 is 25.4 Å². The van der Waals surface area contributed by atoms with Crippen molar-refractivity contribution in [1.82, 2.24) is 24.8 Å². The Kier molecular flexibility index (Phi) is 6.29. The number of halogens is 2. The van der Waals surface area contributed by atoms with E-state index in [0.717, 1.165) is 42.7 Å². The van der Waals surface area contributed by atoms with Crippen molar-refractivity contribution in [2.24, 2.45) is 0 Å². The van der Waals surface area contributed by atoms with E-state index in [1.165, 1.54) is 0 Å². The molecule has 0 bridgehead atoms. The van der Waals surface area contributed by atoms with Crippen LogP contribution in [-0.2, 0) is 18.0 Å². The van der Waals surface area contributed by atoms with Crippen molar-refractivity contribution in [3.05, 3.63) is 40.7 Å². The highest BCUT2D eigenvalue weighted by Gasteiger charge is 2.39. The van der Waals surface area contributed by atoms with Crippen molar-refractivity contribution in [3.8, 4) is 17.3 Å². The first-order chi connectivity index (χ1) is 19.8. The molecule has 2 fully saturated rings. The summed E-state index contributed by atoms with van der Waals surface area (Å²) in [6.07, 6.45) is 2.03. The van der Waals surface area contributed by atoms with Crippen molar-refractivity contribution in [2.75, 3.05) is 50.4 Å². The van der Waals surface area contributed by atoms with Gasteiger partial charge in [0.25, 0.3) is 0 Å². The lowest BCUT2D eigenvalue weighted by Gasteiger charge is -2.41. The number of fused-ring (bicyclic) bond motifs is 4. The quantitative estimate of drug-likeness (QED) is 0.375. The molecule has 3 aliphatic rings. The van der Waals surface area contributed by atoms with Crippen molar-refractivity contribution in [2.45, 2.75) is 38.3 Å². The van der Waals surface area contributed by atoms with Gasteiger partial charge in [-0.25, -0.2) is 18.7 Å². The normalized spacial score (nSPS) is 23.5. The van der Waals surface area contributed by atoms with Crippen LogP contribution in [0.1, 0.15) is 23.6 Å². The molecule has 1 aromatic carbocycles. The summed E-state index contributed by atoms with van der Waals surface area (Å²) in [6.45, 7) is 6.02. The summed E-state index contributed by atoms with van der Waals surface area (Å²) >= 11 is 0.937. The topological polar surface area (TPSA) is 128 Å². The third-order valence-electron chi connectivity index (χ3n) is 8.73. The molecule has 0 amide bonds. The molecule has 0 radical (unpaired) electrons. The number of piperazine rings is 1. The number of nitrogens with two attached hydrogens (primary N) is 1. The Balaban J connectivity index is 1.33. The number of hydrogen-bond donors (Lipinski definition) is 2. The molecule has 4 aromatic rings. The lowest BCUT2D eigenvalue weighted by Crippen LogP contribution is -2.56. The van der Waals surface area contributed by atoms with E-state index < -0.39 is 17.7 Å². The van der Waals surface area contributed by atoms with E-state index in [-0.39, 0.29) is 56.7 Å². The SMILES string of the molecule is C[C@H]1CN(C2CN(c3ncc4c5c(c(-c6ncc(F)c7sc(N)c(C#N)c67)c(F)c4n3)COC5)CC2O)CCN1C. The lowest BCUT2D eigenvalue weighted by molar-refractivity contribution is 0.0299. The number of nitrogen functional groups attached to an aromatic ring is 1. The standard InChI is InChI=1S/C28H28F2N8O2S/c1-13-8-37(4-3-36(13)2)19-9-38(10-20(19)39)28-34-6-15-16-11-40-12-17(16)21(23(30)24(15)35-28)25-22-14(5-31)27(32)41-26(22)18(29)7-33-25/h6-7,13,19-20,39H,3-4,8-12,32H2,1-2H3/t13-,19?,20?/m0/s1. The van der Waals surface area contributed by atoms with E-state index in [1.54, 1.807) is 6.20 Å². The van der Waals surface area contributed by atoms with E-state index in [0.29, 0.717) is 36.0 Å². The summed E-state index contributed by atoms with van der Waals surface area (Å²) in [5.74, 6) is -0.955. The highest BCUT2D eigenvalue weighted by molar-refractivity contribution is 7.23. The van der Waals surface area contributed by atoms with E-state index in [4.69, 9.17) is 10.5 Å². The number of aromatic nitrogens is 3. The average molecular weight is 579 g/mol. The van der Waals surface area contributed by atoms with Gasteiger partial charge >= 0.3 is 0 Å². The number of likely N-dealkylation sites (N-methyl/N-ethyl adjacent to an activating group) is 1. The number of benzene rings is 1. The Morgan fingerprint density at radius 3 is 2.73 bits per heavy atom. The fraction of sp³-hybridized carbons (Fsp3) is 0.429. The summed E-state index contributed by atoms with van der Waals surface area (Å²) in [5.41, 5.74) is 7.74. The highest BCUT2D eigenvalue weighted by Crippen LogP contribution is 2.45. The minimum atomic E-state index is -0.647. The fourth-order valence-electron chi connectivity index (χ4n) is 6.36. The van der Waals surface area contributed by atoms with E-state index in [1.807, 2.05) is 11.0 Å². The first-order valence-electron chi connectivity index (χ1n) is 13.5. The Labute approximate surface area is 238 Å². The second-order valence-corrected chi connectivity index (χ2v) is 12.1. The predicted octanol–water partition coefficient (Wildman–Crippen LogP) is 2.85. The molecule has 3 aromatic heterocycles. The van der Waals surface area contributed by atoms with Crippen LogP contribution in [0.15, 0.2) is 12.4 Å². The van der Waals surface area contributed by atoms with Crippen LogP contribution in [0.5, 0.6) is 0 Å². The molecular formula is C28H28F2N8O2S. The second-order valence-electron chi connectivity index (χ2n) is 11.0. The van der Waals surface area contributed by atoms with Gasteiger partial charge in [-0.3, -0.25) is 9.88 Å².